The number of hydrogen-bond donors (Lipinski definition) is 1. The van der Waals surface area contributed by atoms with Gasteiger partial charge in [0.1, 0.15) is 0 Å². The summed E-state index contributed by atoms with van der Waals surface area (Å²) in [5.74, 6) is 0.544. The van der Waals surface area contributed by atoms with Crippen molar-refractivity contribution < 1.29 is 4.74 Å². The molecule has 0 fully saturated rings. The van der Waals surface area contributed by atoms with E-state index in [1.807, 2.05) is 0 Å². The molecule has 2 aromatic heterocycles. The lowest BCUT2D eigenvalue weighted by molar-refractivity contribution is 0.143. The Bertz CT molecular complexity index is 416. The number of ether oxygens (including phenoxy) is 1. The Balaban J connectivity index is 2.19. The van der Waals surface area contributed by atoms with Crippen molar-refractivity contribution in [3.63, 3.8) is 0 Å². The topological polar surface area (TPSA) is 21.3 Å². The van der Waals surface area contributed by atoms with Gasteiger partial charge < -0.3 is 4.74 Å². The van der Waals surface area contributed by atoms with E-state index in [1.54, 1.807) is 29.8 Å². The minimum absolute atomic E-state index is 0.280. The average Bonchev–Trinajstić information content (AvgIpc) is 3.06. The van der Waals surface area contributed by atoms with Gasteiger partial charge >= 0.3 is 0 Å². The highest BCUT2D eigenvalue weighted by atomic mass is 32.1. The van der Waals surface area contributed by atoms with Crippen molar-refractivity contribution in [3.05, 3.63) is 44.8 Å². The second kappa shape index (κ2) is 7.20. The van der Waals surface area contributed by atoms with Crippen LogP contribution in [0.2, 0.25) is 0 Å². The highest BCUT2D eigenvalue weighted by Gasteiger charge is 2.22. The molecule has 0 amide bonds. The Morgan fingerprint density at radius 3 is 2.05 bits per heavy atom. The molecule has 1 N–H and O–H groups in total. The lowest BCUT2D eigenvalue weighted by Crippen LogP contribution is -2.40. The standard InChI is InChI=1S/C15H21NOS2/c1-11(2)12(10-17-3)16-15(13-6-4-8-18-13)14-7-5-9-19-14/h4-9,11-12,15-16H,10H2,1-3H3. The molecule has 0 aromatic carbocycles. The van der Waals surface area contributed by atoms with Gasteiger partial charge in [0.05, 0.1) is 12.6 Å². The smallest absolute Gasteiger partial charge is 0.0767 e. The first-order chi connectivity index (χ1) is 9.22. The van der Waals surface area contributed by atoms with Gasteiger partial charge in [-0.3, -0.25) is 5.32 Å². The van der Waals surface area contributed by atoms with Crippen LogP contribution in [0, 0.1) is 5.92 Å². The minimum atomic E-state index is 0.280. The molecule has 0 aliphatic heterocycles. The molecule has 1 unspecified atom stereocenters. The first kappa shape index (κ1) is 14.7. The van der Waals surface area contributed by atoms with Crippen LogP contribution in [0.25, 0.3) is 0 Å². The first-order valence-corrected chi connectivity index (χ1v) is 8.30. The van der Waals surface area contributed by atoms with Crippen LogP contribution in [-0.4, -0.2) is 19.8 Å². The number of methoxy groups -OCH3 is 1. The summed E-state index contributed by atoms with van der Waals surface area (Å²) in [6.07, 6.45) is 0. The van der Waals surface area contributed by atoms with Crippen LogP contribution in [0.5, 0.6) is 0 Å². The van der Waals surface area contributed by atoms with E-state index in [0.717, 1.165) is 6.61 Å². The van der Waals surface area contributed by atoms with Crippen molar-refractivity contribution in [3.8, 4) is 0 Å². The SMILES string of the molecule is COCC(NC(c1cccs1)c1cccs1)C(C)C. The van der Waals surface area contributed by atoms with E-state index in [1.165, 1.54) is 9.75 Å². The second-order valence-electron chi connectivity index (χ2n) is 4.94. The molecule has 0 spiro atoms. The van der Waals surface area contributed by atoms with Gasteiger partial charge in [-0.05, 0) is 28.8 Å². The van der Waals surface area contributed by atoms with E-state index in [2.05, 4.69) is 54.2 Å². The van der Waals surface area contributed by atoms with Crippen LogP contribution >= 0.6 is 22.7 Å². The fourth-order valence-corrected chi connectivity index (χ4v) is 3.72. The van der Waals surface area contributed by atoms with Crippen LogP contribution < -0.4 is 5.32 Å². The molecule has 0 aliphatic rings. The van der Waals surface area contributed by atoms with Crippen molar-refractivity contribution in [2.24, 2.45) is 5.92 Å². The molecular formula is C15H21NOS2. The van der Waals surface area contributed by atoms with Crippen LogP contribution in [0.1, 0.15) is 29.6 Å². The van der Waals surface area contributed by atoms with E-state index in [-0.39, 0.29) is 6.04 Å². The van der Waals surface area contributed by atoms with Gasteiger partial charge in [-0.2, -0.15) is 0 Å². The molecule has 2 rings (SSSR count). The summed E-state index contributed by atoms with van der Waals surface area (Å²) in [6, 6.07) is 9.27. The Kier molecular flexibility index (Phi) is 5.58. The quantitative estimate of drug-likeness (QED) is 0.828. The summed E-state index contributed by atoms with van der Waals surface area (Å²) >= 11 is 3.61. The maximum absolute atomic E-state index is 5.35. The van der Waals surface area contributed by atoms with Crippen LogP contribution in [0.4, 0.5) is 0 Å². The van der Waals surface area contributed by atoms with Gasteiger partial charge in [0.15, 0.2) is 0 Å². The van der Waals surface area contributed by atoms with Gasteiger partial charge in [-0.15, -0.1) is 22.7 Å². The van der Waals surface area contributed by atoms with Crippen molar-refractivity contribution in [1.82, 2.24) is 5.32 Å². The number of hydrogen-bond acceptors (Lipinski definition) is 4. The third-order valence-corrected chi connectivity index (χ3v) is 5.06. The van der Waals surface area contributed by atoms with Crippen molar-refractivity contribution in [2.45, 2.75) is 25.9 Å². The zero-order valence-electron chi connectivity index (χ0n) is 11.6. The Labute approximate surface area is 123 Å². The third kappa shape index (κ3) is 3.89. The first-order valence-electron chi connectivity index (χ1n) is 6.54. The largest absolute Gasteiger partial charge is 0.383 e. The molecule has 4 heteroatoms. The minimum Gasteiger partial charge on any atom is -0.383 e. The number of rotatable bonds is 7. The van der Waals surface area contributed by atoms with Gasteiger partial charge in [0.25, 0.3) is 0 Å². The molecule has 19 heavy (non-hydrogen) atoms. The van der Waals surface area contributed by atoms with Gasteiger partial charge in [0, 0.05) is 22.9 Å². The molecule has 104 valence electrons. The molecule has 1 atom stereocenters. The average molecular weight is 295 g/mol. The van der Waals surface area contributed by atoms with E-state index < -0.39 is 0 Å². The molecule has 2 nitrogen and oxygen atoms in total. The van der Waals surface area contributed by atoms with Crippen LogP contribution in [0.15, 0.2) is 35.0 Å². The van der Waals surface area contributed by atoms with Crippen molar-refractivity contribution in [2.75, 3.05) is 13.7 Å². The lowest BCUT2D eigenvalue weighted by Gasteiger charge is -2.27. The molecular weight excluding hydrogens is 274 g/mol. The van der Waals surface area contributed by atoms with Crippen molar-refractivity contribution in [1.29, 1.82) is 0 Å². The zero-order valence-corrected chi connectivity index (χ0v) is 13.3. The summed E-state index contributed by atoms with van der Waals surface area (Å²) in [4.78, 5) is 2.73. The molecule has 0 radical (unpaired) electrons. The van der Waals surface area contributed by atoms with Gasteiger partial charge in [-0.1, -0.05) is 26.0 Å². The van der Waals surface area contributed by atoms with Crippen molar-refractivity contribution >= 4 is 22.7 Å². The molecule has 0 bridgehead atoms. The highest BCUT2D eigenvalue weighted by Crippen LogP contribution is 2.30. The molecule has 2 heterocycles. The molecule has 0 saturated carbocycles. The monoisotopic (exact) mass is 295 g/mol. The molecule has 0 aliphatic carbocycles. The van der Waals surface area contributed by atoms with Gasteiger partial charge in [-0.25, -0.2) is 0 Å². The Morgan fingerprint density at radius 2 is 1.68 bits per heavy atom. The zero-order chi connectivity index (χ0) is 13.7. The predicted octanol–water partition coefficient (Wildman–Crippen LogP) is 4.16. The number of nitrogens with one attached hydrogen (secondary N) is 1. The second-order valence-corrected chi connectivity index (χ2v) is 6.89. The summed E-state index contributed by atoms with van der Waals surface area (Å²) < 4.78 is 5.35. The fraction of sp³-hybridized carbons (Fsp3) is 0.467. The van der Waals surface area contributed by atoms with E-state index in [4.69, 9.17) is 4.74 Å². The van der Waals surface area contributed by atoms with E-state index >= 15 is 0 Å². The van der Waals surface area contributed by atoms with Gasteiger partial charge in [0.2, 0.25) is 0 Å². The summed E-state index contributed by atoms with van der Waals surface area (Å²) in [7, 11) is 1.77. The van der Waals surface area contributed by atoms with Crippen LogP contribution in [0.3, 0.4) is 0 Å². The Morgan fingerprint density at radius 1 is 1.11 bits per heavy atom. The summed E-state index contributed by atoms with van der Waals surface area (Å²) in [5.41, 5.74) is 0. The van der Waals surface area contributed by atoms with Crippen LogP contribution in [-0.2, 0) is 4.74 Å². The summed E-state index contributed by atoms with van der Waals surface area (Å²) in [6.45, 7) is 5.21. The normalized spacial score (nSPS) is 13.3. The maximum atomic E-state index is 5.35. The van der Waals surface area contributed by atoms with E-state index in [9.17, 15) is 0 Å². The lowest BCUT2D eigenvalue weighted by atomic mass is 10.0. The number of thiophene rings is 2. The molecule has 2 aromatic rings. The Hall–Kier alpha value is -0.680. The predicted molar refractivity (Wildman–Crippen MR) is 84.1 cm³/mol. The maximum Gasteiger partial charge on any atom is 0.0767 e. The molecule has 0 saturated heterocycles. The fourth-order valence-electron chi connectivity index (χ4n) is 2.04. The third-order valence-electron chi connectivity index (χ3n) is 3.19. The summed E-state index contributed by atoms with van der Waals surface area (Å²) in [5, 5.41) is 8.03. The van der Waals surface area contributed by atoms with E-state index in [0.29, 0.717) is 12.0 Å². The highest BCUT2D eigenvalue weighted by molar-refractivity contribution is 7.11.